The first-order chi connectivity index (χ1) is 18.5. The van der Waals surface area contributed by atoms with Gasteiger partial charge in [0.25, 0.3) is 11.7 Å². The largest absolute Gasteiger partial charge is 0.507 e. The van der Waals surface area contributed by atoms with Crippen LogP contribution in [-0.4, -0.2) is 66.0 Å². The Kier molecular flexibility index (Phi) is 8.22. The lowest BCUT2D eigenvalue weighted by molar-refractivity contribution is -0.140. The van der Waals surface area contributed by atoms with E-state index < -0.39 is 17.7 Å². The minimum Gasteiger partial charge on any atom is -0.507 e. The molecule has 3 heterocycles. The van der Waals surface area contributed by atoms with Crippen LogP contribution in [0, 0.1) is 6.92 Å². The number of aliphatic hydroxyl groups is 1. The molecule has 5 rings (SSSR count). The number of rotatable bonds is 9. The second kappa shape index (κ2) is 11.9. The number of likely N-dealkylation sites (tertiary alicyclic amines) is 1. The molecule has 2 aromatic carbocycles. The van der Waals surface area contributed by atoms with Gasteiger partial charge in [0.2, 0.25) is 0 Å². The summed E-state index contributed by atoms with van der Waals surface area (Å²) >= 11 is 1.48. The molecule has 2 saturated heterocycles. The number of carbonyl (C=O) groups excluding carboxylic acids is 2. The number of Topliss-reactive ketones (excluding diaryl/α,β-unsaturated/α-hetero) is 1. The van der Waals surface area contributed by atoms with Crippen molar-refractivity contribution in [1.29, 1.82) is 0 Å². The second-order valence-electron chi connectivity index (χ2n) is 9.62. The number of hydrogen-bond donors (Lipinski definition) is 1. The number of benzene rings is 2. The standard InChI is InChI=1S/C30H32N2O5S/c1-21-5-2-6-22(19-21)20-37-24-10-8-23(9-11-24)28(33)26-27(25-7-3-18-38-25)32(30(35)29(26)34)13-4-12-31-14-16-36-17-15-31/h2-3,5-11,18-19,27,33H,4,12-17,20H2,1H3/b28-26+. The van der Waals surface area contributed by atoms with E-state index in [2.05, 4.69) is 11.0 Å². The third-order valence-corrected chi connectivity index (χ3v) is 7.87. The maximum atomic E-state index is 13.2. The maximum Gasteiger partial charge on any atom is 0.295 e. The lowest BCUT2D eigenvalue weighted by Gasteiger charge is -2.28. The first-order valence-electron chi connectivity index (χ1n) is 12.9. The minimum absolute atomic E-state index is 0.136. The zero-order valence-corrected chi connectivity index (χ0v) is 22.3. The summed E-state index contributed by atoms with van der Waals surface area (Å²) in [6.45, 7) is 6.92. The van der Waals surface area contributed by atoms with E-state index in [1.165, 1.54) is 16.9 Å². The Balaban J connectivity index is 1.34. The van der Waals surface area contributed by atoms with Crippen LogP contribution < -0.4 is 4.74 Å². The lowest BCUT2D eigenvalue weighted by atomic mass is 10.00. The van der Waals surface area contributed by atoms with Gasteiger partial charge >= 0.3 is 0 Å². The van der Waals surface area contributed by atoms with Gasteiger partial charge in [0.15, 0.2) is 0 Å². The van der Waals surface area contributed by atoms with Gasteiger partial charge in [-0.25, -0.2) is 0 Å². The molecule has 198 valence electrons. The van der Waals surface area contributed by atoms with E-state index >= 15 is 0 Å². The summed E-state index contributed by atoms with van der Waals surface area (Å²) in [5, 5.41) is 13.2. The lowest BCUT2D eigenvalue weighted by Crippen LogP contribution is -2.38. The van der Waals surface area contributed by atoms with Crippen LogP contribution in [-0.2, 0) is 20.9 Å². The number of hydrogen-bond acceptors (Lipinski definition) is 7. The van der Waals surface area contributed by atoms with E-state index in [1.807, 2.05) is 42.6 Å². The summed E-state index contributed by atoms with van der Waals surface area (Å²) < 4.78 is 11.3. The quantitative estimate of drug-likeness (QED) is 0.243. The molecule has 7 nitrogen and oxygen atoms in total. The normalized spacial score (nSPS) is 19.7. The molecule has 0 bridgehead atoms. The predicted octanol–water partition coefficient (Wildman–Crippen LogP) is 4.78. The highest BCUT2D eigenvalue weighted by Crippen LogP contribution is 2.41. The number of thiophene rings is 1. The molecular weight excluding hydrogens is 500 g/mol. The van der Waals surface area contributed by atoms with Gasteiger partial charge in [0, 0.05) is 36.6 Å². The highest BCUT2D eigenvalue weighted by Gasteiger charge is 2.46. The average molecular weight is 533 g/mol. The SMILES string of the molecule is Cc1cccc(COc2ccc(/C(O)=C3\C(=O)C(=O)N(CCCN4CCOCC4)C3c3cccs3)cc2)c1. The fraction of sp³-hybridized carbons (Fsp3) is 0.333. The molecule has 0 saturated carbocycles. The van der Waals surface area contributed by atoms with Crippen LogP contribution in [0.2, 0.25) is 0 Å². The minimum atomic E-state index is -0.646. The second-order valence-corrected chi connectivity index (χ2v) is 10.6. The number of carbonyl (C=O) groups is 2. The van der Waals surface area contributed by atoms with E-state index in [9.17, 15) is 14.7 Å². The monoisotopic (exact) mass is 532 g/mol. The third kappa shape index (κ3) is 5.83. The Morgan fingerprint density at radius 2 is 1.84 bits per heavy atom. The van der Waals surface area contributed by atoms with Gasteiger partial charge in [-0.05, 0) is 54.6 Å². The molecule has 8 heteroatoms. The first-order valence-corrected chi connectivity index (χ1v) is 13.8. The molecule has 2 fully saturated rings. The predicted molar refractivity (Wildman–Crippen MR) is 147 cm³/mol. The van der Waals surface area contributed by atoms with Gasteiger partial charge in [-0.3, -0.25) is 14.5 Å². The number of ether oxygens (including phenoxy) is 2. The summed E-state index contributed by atoms with van der Waals surface area (Å²) in [5.74, 6) is -0.721. The summed E-state index contributed by atoms with van der Waals surface area (Å²) in [7, 11) is 0. The highest BCUT2D eigenvalue weighted by molar-refractivity contribution is 7.10. The van der Waals surface area contributed by atoms with E-state index in [1.54, 1.807) is 29.2 Å². The van der Waals surface area contributed by atoms with Crippen molar-refractivity contribution in [2.75, 3.05) is 39.4 Å². The number of nitrogens with zero attached hydrogens (tertiary/aromatic N) is 2. The van der Waals surface area contributed by atoms with Crippen molar-refractivity contribution in [2.45, 2.75) is 26.0 Å². The molecule has 0 radical (unpaired) electrons. The zero-order chi connectivity index (χ0) is 26.5. The first kappa shape index (κ1) is 26.2. The Hall–Kier alpha value is -3.46. The van der Waals surface area contributed by atoms with Gasteiger partial charge < -0.3 is 19.5 Å². The number of aryl methyl sites for hydroxylation is 1. The highest BCUT2D eigenvalue weighted by atomic mass is 32.1. The average Bonchev–Trinajstić information content (AvgIpc) is 3.55. The van der Waals surface area contributed by atoms with Crippen molar-refractivity contribution in [3.8, 4) is 5.75 Å². The molecule has 38 heavy (non-hydrogen) atoms. The van der Waals surface area contributed by atoms with Crippen molar-refractivity contribution in [1.82, 2.24) is 9.80 Å². The van der Waals surface area contributed by atoms with Crippen LogP contribution in [0.15, 0.2) is 71.6 Å². The number of ketones is 1. The van der Waals surface area contributed by atoms with Gasteiger partial charge in [-0.1, -0.05) is 35.9 Å². The summed E-state index contributed by atoms with van der Waals surface area (Å²) in [6, 6.07) is 18.3. The van der Waals surface area contributed by atoms with Crippen molar-refractivity contribution in [3.63, 3.8) is 0 Å². The van der Waals surface area contributed by atoms with Crippen LogP contribution in [0.25, 0.3) is 5.76 Å². The molecule has 1 aromatic heterocycles. The van der Waals surface area contributed by atoms with Crippen molar-refractivity contribution >= 4 is 28.8 Å². The maximum absolute atomic E-state index is 13.2. The Bertz CT molecular complexity index is 1300. The summed E-state index contributed by atoms with van der Waals surface area (Å²) in [4.78, 5) is 31.1. The van der Waals surface area contributed by atoms with E-state index in [-0.39, 0.29) is 11.3 Å². The summed E-state index contributed by atoms with van der Waals surface area (Å²) in [5.41, 5.74) is 2.85. The summed E-state index contributed by atoms with van der Waals surface area (Å²) in [6.07, 6.45) is 0.738. The molecular formula is C30H32N2O5S. The molecule has 0 aliphatic carbocycles. The van der Waals surface area contributed by atoms with Gasteiger partial charge in [-0.2, -0.15) is 0 Å². The van der Waals surface area contributed by atoms with Crippen molar-refractivity contribution < 1.29 is 24.2 Å². The number of morpholine rings is 1. The number of amides is 1. The van der Waals surface area contributed by atoms with Crippen LogP contribution in [0.3, 0.4) is 0 Å². The number of aliphatic hydroxyl groups excluding tert-OH is 1. The molecule has 3 aromatic rings. The van der Waals surface area contributed by atoms with Crippen molar-refractivity contribution in [2.24, 2.45) is 0 Å². The molecule has 0 spiro atoms. The van der Waals surface area contributed by atoms with E-state index in [0.29, 0.717) is 24.5 Å². The molecule has 2 aliphatic rings. The molecule has 1 atom stereocenters. The molecule has 2 aliphatic heterocycles. The topological polar surface area (TPSA) is 79.3 Å². The van der Waals surface area contributed by atoms with Crippen LogP contribution in [0.1, 0.15) is 34.0 Å². The van der Waals surface area contributed by atoms with Crippen molar-refractivity contribution in [3.05, 3.63) is 93.2 Å². The smallest absolute Gasteiger partial charge is 0.295 e. The molecule has 1 amide bonds. The van der Waals surface area contributed by atoms with E-state index in [4.69, 9.17) is 9.47 Å². The van der Waals surface area contributed by atoms with Crippen LogP contribution in [0.5, 0.6) is 5.75 Å². The van der Waals surface area contributed by atoms with Crippen LogP contribution >= 0.6 is 11.3 Å². The zero-order valence-electron chi connectivity index (χ0n) is 21.5. The fourth-order valence-electron chi connectivity index (χ4n) is 4.98. The molecule has 1 N–H and O–H groups in total. The fourth-order valence-corrected chi connectivity index (χ4v) is 5.82. The molecule has 1 unspecified atom stereocenters. The Morgan fingerprint density at radius 1 is 1.05 bits per heavy atom. The van der Waals surface area contributed by atoms with E-state index in [0.717, 1.165) is 49.7 Å². The van der Waals surface area contributed by atoms with Gasteiger partial charge in [0.1, 0.15) is 18.1 Å². The van der Waals surface area contributed by atoms with Gasteiger partial charge in [-0.15, -0.1) is 11.3 Å². The van der Waals surface area contributed by atoms with Crippen LogP contribution in [0.4, 0.5) is 0 Å². The third-order valence-electron chi connectivity index (χ3n) is 6.95. The van der Waals surface area contributed by atoms with Gasteiger partial charge in [0.05, 0.1) is 24.8 Å². The Morgan fingerprint density at radius 3 is 2.55 bits per heavy atom. The Labute approximate surface area is 226 Å².